The van der Waals surface area contributed by atoms with E-state index in [9.17, 15) is 19.2 Å². The molecule has 3 atom stereocenters. The number of benzene rings is 2. The lowest BCUT2D eigenvalue weighted by Gasteiger charge is -2.35. The lowest BCUT2D eigenvalue weighted by molar-refractivity contribution is -0.156. The van der Waals surface area contributed by atoms with Crippen LogP contribution in [0.1, 0.15) is 40.5 Å². The third-order valence-corrected chi connectivity index (χ3v) is 6.74. The number of nitrogens with zero attached hydrogens (tertiary/aromatic N) is 2. The van der Waals surface area contributed by atoms with Gasteiger partial charge >= 0.3 is 0 Å². The van der Waals surface area contributed by atoms with Gasteiger partial charge < -0.3 is 4.74 Å². The molecule has 2 aromatic carbocycles. The third kappa shape index (κ3) is 4.21. The van der Waals surface area contributed by atoms with Crippen LogP contribution in [0.15, 0.2) is 54.6 Å². The topological polar surface area (TPSA) is 84.0 Å². The highest BCUT2D eigenvalue weighted by Crippen LogP contribution is 2.37. The van der Waals surface area contributed by atoms with Crippen LogP contribution in [0.3, 0.4) is 0 Å². The highest BCUT2D eigenvalue weighted by Gasteiger charge is 2.52. The second kappa shape index (κ2) is 9.60. The van der Waals surface area contributed by atoms with Gasteiger partial charge in [0.05, 0.1) is 29.5 Å². The SMILES string of the molecule is COc1ccc(C(=O)[C@H](C)N(C(=O)c2ccc(Cl)cc2Cl)N2C(=O)[C@@H]3CC=CC[C@H]3C2=O)cc1. The molecular formula is C25H22Cl2N2O5. The number of ether oxygens (including phenoxy) is 1. The number of amides is 3. The number of hydrogen-bond donors (Lipinski definition) is 0. The monoisotopic (exact) mass is 500 g/mol. The van der Waals surface area contributed by atoms with Crippen LogP contribution in [0.5, 0.6) is 5.75 Å². The average molecular weight is 501 g/mol. The summed E-state index contributed by atoms with van der Waals surface area (Å²) in [4.78, 5) is 53.7. The van der Waals surface area contributed by atoms with Gasteiger partial charge in [-0.15, -0.1) is 0 Å². The van der Waals surface area contributed by atoms with Crippen LogP contribution in [0.25, 0.3) is 0 Å². The fourth-order valence-corrected chi connectivity index (χ4v) is 4.82. The van der Waals surface area contributed by atoms with Crippen LogP contribution < -0.4 is 4.74 Å². The van der Waals surface area contributed by atoms with E-state index in [-0.39, 0.29) is 10.6 Å². The van der Waals surface area contributed by atoms with Gasteiger partial charge in [-0.05, 0) is 62.2 Å². The van der Waals surface area contributed by atoms with Gasteiger partial charge in [-0.2, -0.15) is 5.01 Å². The zero-order valence-corrected chi connectivity index (χ0v) is 20.0. The first kappa shape index (κ1) is 24.0. The van der Waals surface area contributed by atoms with Crippen LogP contribution in [-0.2, 0) is 9.59 Å². The minimum atomic E-state index is -1.17. The maximum Gasteiger partial charge on any atom is 0.275 e. The molecule has 34 heavy (non-hydrogen) atoms. The normalized spacial score (nSPS) is 20.2. The summed E-state index contributed by atoms with van der Waals surface area (Å²) in [7, 11) is 1.51. The number of methoxy groups -OCH3 is 1. The van der Waals surface area contributed by atoms with E-state index in [2.05, 4.69) is 0 Å². The Morgan fingerprint density at radius 2 is 1.59 bits per heavy atom. The van der Waals surface area contributed by atoms with Crippen molar-refractivity contribution in [2.45, 2.75) is 25.8 Å². The number of ketones is 1. The fraction of sp³-hybridized carbons (Fsp3) is 0.280. The largest absolute Gasteiger partial charge is 0.497 e. The van der Waals surface area contributed by atoms with Crippen LogP contribution >= 0.6 is 23.2 Å². The van der Waals surface area contributed by atoms with Crippen LogP contribution in [0.4, 0.5) is 0 Å². The molecule has 0 bridgehead atoms. The van der Waals surface area contributed by atoms with Gasteiger partial charge in [-0.3, -0.25) is 19.2 Å². The summed E-state index contributed by atoms with van der Waals surface area (Å²) in [5.41, 5.74) is 0.320. The predicted octanol–water partition coefficient (Wildman–Crippen LogP) is 4.58. The first-order chi connectivity index (χ1) is 16.2. The molecule has 0 spiro atoms. The summed E-state index contributed by atoms with van der Waals surface area (Å²) in [5, 5.41) is 2.14. The van der Waals surface area contributed by atoms with E-state index in [1.54, 1.807) is 24.3 Å². The highest BCUT2D eigenvalue weighted by atomic mass is 35.5. The van der Waals surface area contributed by atoms with Crippen molar-refractivity contribution in [3.8, 4) is 5.75 Å². The Bertz CT molecular complexity index is 1170. The van der Waals surface area contributed by atoms with E-state index in [0.29, 0.717) is 29.2 Å². The summed E-state index contributed by atoms with van der Waals surface area (Å²) < 4.78 is 5.13. The van der Waals surface area contributed by atoms with Gasteiger partial charge in [-0.1, -0.05) is 35.4 Å². The van der Waals surface area contributed by atoms with E-state index >= 15 is 0 Å². The molecule has 4 rings (SSSR count). The molecule has 1 aliphatic heterocycles. The number of fused-ring (bicyclic) bond motifs is 1. The molecule has 0 aromatic heterocycles. The molecule has 9 heteroatoms. The number of halogens is 2. The number of imide groups is 1. The van der Waals surface area contributed by atoms with Crippen molar-refractivity contribution in [1.29, 1.82) is 0 Å². The van der Waals surface area contributed by atoms with E-state index in [0.717, 1.165) is 10.0 Å². The molecule has 3 amide bonds. The quantitative estimate of drug-likeness (QED) is 0.329. The maximum atomic E-state index is 13.7. The standard InChI is InChI=1S/C25H22Cl2N2O5/c1-14(22(30)15-7-10-17(34-2)11-8-15)28(25(33)20-12-9-16(26)13-21(20)27)29-23(31)18-5-3-4-6-19(18)24(29)32/h3-4,7-14,18-19H,5-6H2,1-2H3/t14-,18+,19+/m0/s1. The molecule has 2 aliphatic rings. The third-order valence-electron chi connectivity index (χ3n) is 6.19. The highest BCUT2D eigenvalue weighted by molar-refractivity contribution is 6.36. The van der Waals surface area contributed by atoms with Crippen molar-refractivity contribution in [2.75, 3.05) is 7.11 Å². The Balaban J connectivity index is 1.76. The second-order valence-corrected chi connectivity index (χ2v) is 9.03. The molecule has 0 saturated carbocycles. The Kier molecular flexibility index (Phi) is 6.77. The van der Waals surface area contributed by atoms with Crippen molar-refractivity contribution in [1.82, 2.24) is 10.0 Å². The van der Waals surface area contributed by atoms with Gasteiger partial charge in [0.15, 0.2) is 5.78 Å². The molecule has 7 nitrogen and oxygen atoms in total. The summed E-state index contributed by atoms with van der Waals surface area (Å²) in [6.07, 6.45) is 4.50. The van der Waals surface area contributed by atoms with Crippen molar-refractivity contribution >= 4 is 46.7 Å². The van der Waals surface area contributed by atoms with Crippen molar-refractivity contribution in [2.24, 2.45) is 11.8 Å². The number of allylic oxidation sites excluding steroid dienone is 2. The summed E-state index contributed by atoms with van der Waals surface area (Å²) in [6, 6.07) is 9.47. The number of hydrogen-bond acceptors (Lipinski definition) is 5. The van der Waals surface area contributed by atoms with Gasteiger partial charge in [0.2, 0.25) is 0 Å². The van der Waals surface area contributed by atoms with E-state index in [4.69, 9.17) is 27.9 Å². The molecule has 1 fully saturated rings. The Labute approximate surface area is 206 Å². The lowest BCUT2D eigenvalue weighted by Crippen LogP contribution is -2.56. The minimum Gasteiger partial charge on any atom is -0.497 e. The molecule has 1 aliphatic carbocycles. The van der Waals surface area contributed by atoms with Crippen LogP contribution in [-0.4, -0.2) is 46.7 Å². The van der Waals surface area contributed by atoms with Gasteiger partial charge in [-0.25, -0.2) is 5.01 Å². The van der Waals surface area contributed by atoms with Gasteiger partial charge in [0.25, 0.3) is 17.7 Å². The first-order valence-electron chi connectivity index (χ1n) is 10.7. The second-order valence-electron chi connectivity index (χ2n) is 8.19. The smallest absolute Gasteiger partial charge is 0.275 e. The minimum absolute atomic E-state index is 0.0223. The molecule has 0 radical (unpaired) electrons. The predicted molar refractivity (Wildman–Crippen MR) is 127 cm³/mol. The first-order valence-corrected chi connectivity index (χ1v) is 11.5. The average Bonchev–Trinajstić information content (AvgIpc) is 3.09. The number of rotatable bonds is 6. The van der Waals surface area contributed by atoms with E-state index < -0.39 is 41.4 Å². The molecule has 0 N–H and O–H groups in total. The van der Waals surface area contributed by atoms with Crippen molar-refractivity contribution in [3.05, 3.63) is 75.8 Å². The molecule has 1 heterocycles. The summed E-state index contributed by atoms with van der Waals surface area (Å²) in [6.45, 7) is 1.48. The molecule has 0 unspecified atom stereocenters. The summed E-state index contributed by atoms with van der Waals surface area (Å²) in [5.74, 6) is -2.79. The maximum absolute atomic E-state index is 13.7. The van der Waals surface area contributed by atoms with Crippen LogP contribution in [0.2, 0.25) is 10.0 Å². The zero-order valence-electron chi connectivity index (χ0n) is 18.5. The number of carbonyl (C=O) groups excluding carboxylic acids is 4. The molecule has 2 aromatic rings. The zero-order chi connectivity index (χ0) is 24.6. The summed E-state index contributed by atoms with van der Waals surface area (Å²) >= 11 is 12.3. The number of hydrazine groups is 1. The van der Waals surface area contributed by atoms with Crippen molar-refractivity contribution < 1.29 is 23.9 Å². The molecular weight excluding hydrogens is 479 g/mol. The van der Waals surface area contributed by atoms with Gasteiger partial charge in [0.1, 0.15) is 11.8 Å². The van der Waals surface area contributed by atoms with Gasteiger partial charge in [0, 0.05) is 10.6 Å². The molecule has 1 saturated heterocycles. The lowest BCUT2D eigenvalue weighted by atomic mass is 9.85. The Morgan fingerprint density at radius 1 is 1.00 bits per heavy atom. The Hall–Kier alpha value is -3.16. The van der Waals surface area contributed by atoms with Crippen LogP contribution in [0, 0.1) is 11.8 Å². The number of carbonyl (C=O) groups is 4. The van der Waals surface area contributed by atoms with Crippen molar-refractivity contribution in [3.63, 3.8) is 0 Å². The van der Waals surface area contributed by atoms with E-state index in [1.807, 2.05) is 12.2 Å². The number of Topliss-reactive ketones (excluding diaryl/α,β-unsaturated/α-hetero) is 1. The fourth-order valence-electron chi connectivity index (χ4n) is 4.33. The Morgan fingerprint density at radius 3 is 2.12 bits per heavy atom. The molecule has 176 valence electrons. The van der Waals surface area contributed by atoms with E-state index in [1.165, 1.54) is 32.2 Å².